The van der Waals surface area contributed by atoms with Crippen LogP contribution in [0.2, 0.25) is 0 Å². The summed E-state index contributed by atoms with van der Waals surface area (Å²) >= 11 is 0. The molecule has 1 aromatic rings. The molecule has 9 heteroatoms. The fourth-order valence-corrected chi connectivity index (χ4v) is 1.31. The molecule has 0 aliphatic carbocycles. The largest absolute Gasteiger partial charge is 0.478 e. The molecule has 104 valence electrons. The van der Waals surface area contributed by atoms with Crippen molar-refractivity contribution in [2.75, 3.05) is 25.6 Å². The molecule has 0 saturated heterocycles. The number of nitrogens with zero attached hydrogens (tertiary/aromatic N) is 2. The van der Waals surface area contributed by atoms with Crippen molar-refractivity contribution in [3.05, 3.63) is 27.9 Å². The van der Waals surface area contributed by atoms with Crippen molar-refractivity contribution in [1.82, 2.24) is 4.98 Å². The van der Waals surface area contributed by atoms with Crippen molar-refractivity contribution in [2.24, 2.45) is 0 Å². The van der Waals surface area contributed by atoms with Crippen LogP contribution in [0.3, 0.4) is 0 Å². The van der Waals surface area contributed by atoms with E-state index in [1.54, 1.807) is 0 Å². The molecule has 0 fully saturated rings. The van der Waals surface area contributed by atoms with Crippen LogP contribution in [-0.4, -0.2) is 52.5 Å². The van der Waals surface area contributed by atoms with Crippen molar-refractivity contribution in [2.45, 2.75) is 6.10 Å². The monoisotopic (exact) mass is 271 g/mol. The Morgan fingerprint density at radius 3 is 2.89 bits per heavy atom. The molecule has 0 aromatic carbocycles. The van der Waals surface area contributed by atoms with E-state index in [4.69, 9.17) is 9.84 Å². The van der Waals surface area contributed by atoms with Gasteiger partial charge in [0.1, 0.15) is 0 Å². The normalized spacial score (nSPS) is 11.9. The number of ether oxygens (including phenoxy) is 1. The number of carboxylic acids is 1. The fourth-order valence-electron chi connectivity index (χ4n) is 1.31. The highest BCUT2D eigenvalue weighted by atomic mass is 16.6. The van der Waals surface area contributed by atoms with Gasteiger partial charge in [-0.15, -0.1) is 0 Å². The number of carboxylic acid groups (broad SMARTS) is 1. The molecule has 19 heavy (non-hydrogen) atoms. The quantitative estimate of drug-likeness (QED) is 0.469. The summed E-state index contributed by atoms with van der Waals surface area (Å²) < 4.78 is 4.70. The van der Waals surface area contributed by atoms with Crippen LogP contribution in [0.4, 0.5) is 11.5 Å². The van der Waals surface area contributed by atoms with Gasteiger partial charge in [-0.3, -0.25) is 10.1 Å². The summed E-state index contributed by atoms with van der Waals surface area (Å²) in [6.07, 6.45) is 0.144. The fraction of sp³-hybridized carbons (Fsp3) is 0.400. The van der Waals surface area contributed by atoms with Gasteiger partial charge < -0.3 is 20.3 Å². The van der Waals surface area contributed by atoms with E-state index in [1.807, 2.05) is 0 Å². The van der Waals surface area contributed by atoms with Crippen molar-refractivity contribution in [1.29, 1.82) is 0 Å². The number of aliphatic hydroxyl groups excluding tert-OH is 1. The second kappa shape index (κ2) is 6.61. The van der Waals surface area contributed by atoms with Crippen LogP contribution in [0.15, 0.2) is 12.3 Å². The van der Waals surface area contributed by atoms with Gasteiger partial charge in [0.2, 0.25) is 5.82 Å². The molecule has 0 saturated carbocycles. The lowest BCUT2D eigenvalue weighted by Crippen LogP contribution is -2.24. The lowest BCUT2D eigenvalue weighted by Gasteiger charge is -2.11. The van der Waals surface area contributed by atoms with Gasteiger partial charge in [0.05, 0.1) is 23.2 Å². The predicted molar refractivity (Wildman–Crippen MR) is 64.2 cm³/mol. The molecule has 0 amide bonds. The maximum atomic E-state index is 10.8. The number of nitro groups is 1. The highest BCUT2D eigenvalue weighted by molar-refractivity contribution is 5.88. The molecule has 1 atom stereocenters. The van der Waals surface area contributed by atoms with Crippen LogP contribution in [0.25, 0.3) is 0 Å². The van der Waals surface area contributed by atoms with E-state index in [1.165, 1.54) is 7.11 Å². The lowest BCUT2D eigenvalue weighted by molar-refractivity contribution is -0.384. The molecule has 0 aliphatic heterocycles. The highest BCUT2D eigenvalue weighted by Crippen LogP contribution is 2.22. The second-order valence-corrected chi connectivity index (χ2v) is 3.64. The molecule has 1 rings (SSSR count). The van der Waals surface area contributed by atoms with Gasteiger partial charge in [-0.2, -0.15) is 0 Å². The Balaban J connectivity index is 2.88. The van der Waals surface area contributed by atoms with Gasteiger partial charge in [0.25, 0.3) is 0 Å². The number of pyridine rings is 1. The van der Waals surface area contributed by atoms with E-state index in [9.17, 15) is 20.0 Å². The van der Waals surface area contributed by atoms with Crippen LogP contribution in [0, 0.1) is 10.1 Å². The van der Waals surface area contributed by atoms with Gasteiger partial charge >= 0.3 is 11.7 Å². The van der Waals surface area contributed by atoms with Crippen molar-refractivity contribution in [3.63, 3.8) is 0 Å². The number of hydrogen-bond donors (Lipinski definition) is 3. The summed E-state index contributed by atoms with van der Waals surface area (Å²) in [5, 5.41) is 31.5. The first-order chi connectivity index (χ1) is 8.95. The summed E-state index contributed by atoms with van der Waals surface area (Å²) in [5.41, 5.74) is -0.751. The summed E-state index contributed by atoms with van der Waals surface area (Å²) in [4.78, 5) is 24.4. The first-order valence-corrected chi connectivity index (χ1v) is 5.24. The highest BCUT2D eigenvalue weighted by Gasteiger charge is 2.19. The average Bonchev–Trinajstić information content (AvgIpc) is 2.36. The van der Waals surface area contributed by atoms with Crippen LogP contribution in [-0.2, 0) is 4.74 Å². The topological polar surface area (TPSA) is 135 Å². The van der Waals surface area contributed by atoms with Crippen LogP contribution in [0.5, 0.6) is 0 Å². The zero-order valence-electron chi connectivity index (χ0n) is 10.1. The number of nitrogens with one attached hydrogen (secondary N) is 1. The maximum absolute atomic E-state index is 10.8. The molecule has 0 bridgehead atoms. The average molecular weight is 271 g/mol. The minimum atomic E-state index is -1.30. The van der Waals surface area contributed by atoms with Gasteiger partial charge in [-0.25, -0.2) is 9.78 Å². The molecular weight excluding hydrogens is 258 g/mol. The number of aliphatic hydroxyl groups is 1. The third kappa shape index (κ3) is 4.16. The first-order valence-electron chi connectivity index (χ1n) is 5.24. The number of hydrogen-bond acceptors (Lipinski definition) is 7. The number of anilines is 1. The van der Waals surface area contributed by atoms with Gasteiger partial charge in [-0.05, 0) is 0 Å². The predicted octanol–water partition coefficient (Wildman–Crippen LogP) is 0.107. The molecule has 1 aromatic heterocycles. The van der Waals surface area contributed by atoms with E-state index in [0.29, 0.717) is 0 Å². The third-order valence-corrected chi connectivity index (χ3v) is 2.18. The summed E-state index contributed by atoms with van der Waals surface area (Å²) in [7, 11) is 1.41. The van der Waals surface area contributed by atoms with Gasteiger partial charge in [-0.1, -0.05) is 0 Å². The van der Waals surface area contributed by atoms with Crippen LogP contribution in [0.1, 0.15) is 10.4 Å². The minimum Gasteiger partial charge on any atom is -0.478 e. The first kappa shape index (κ1) is 14.8. The van der Waals surface area contributed by atoms with Gasteiger partial charge in [0.15, 0.2) is 0 Å². The summed E-state index contributed by atoms with van der Waals surface area (Å²) in [5.74, 6) is -1.41. The number of aromatic carboxylic acids is 1. The van der Waals surface area contributed by atoms with E-state index >= 15 is 0 Å². The smallest absolute Gasteiger partial charge is 0.337 e. The molecule has 0 radical (unpaired) electrons. The Morgan fingerprint density at radius 2 is 2.37 bits per heavy atom. The summed E-state index contributed by atoms with van der Waals surface area (Å²) in [6, 6.07) is 0.903. The van der Waals surface area contributed by atoms with Crippen molar-refractivity contribution >= 4 is 17.5 Å². The number of aromatic nitrogens is 1. The maximum Gasteiger partial charge on any atom is 0.337 e. The molecule has 0 aliphatic rings. The Bertz CT molecular complexity index is 478. The molecule has 0 spiro atoms. The van der Waals surface area contributed by atoms with Gasteiger partial charge in [0, 0.05) is 25.9 Å². The molecule has 1 heterocycles. The molecule has 3 N–H and O–H groups in total. The van der Waals surface area contributed by atoms with Crippen LogP contribution < -0.4 is 5.32 Å². The van der Waals surface area contributed by atoms with E-state index in [-0.39, 0.29) is 24.5 Å². The zero-order chi connectivity index (χ0) is 14.4. The van der Waals surface area contributed by atoms with Crippen LogP contribution >= 0.6 is 0 Å². The van der Waals surface area contributed by atoms with Crippen molar-refractivity contribution in [3.8, 4) is 0 Å². The number of carbonyl (C=O) groups is 1. The Labute approximate surface area is 108 Å². The number of methoxy groups -OCH3 is 1. The second-order valence-electron chi connectivity index (χ2n) is 3.64. The third-order valence-electron chi connectivity index (χ3n) is 2.18. The van der Waals surface area contributed by atoms with E-state index in [2.05, 4.69) is 10.3 Å². The van der Waals surface area contributed by atoms with E-state index < -0.39 is 22.7 Å². The Morgan fingerprint density at radius 1 is 1.68 bits per heavy atom. The summed E-state index contributed by atoms with van der Waals surface area (Å²) in [6.45, 7) is 0.0576. The Kier molecular flexibility index (Phi) is 5.15. The lowest BCUT2D eigenvalue weighted by atomic mass is 10.2. The minimum absolute atomic E-state index is 0.00586. The zero-order valence-corrected chi connectivity index (χ0v) is 10.1. The Hall–Kier alpha value is -2.26. The molecule has 9 nitrogen and oxygen atoms in total. The molecular formula is C10H13N3O6. The number of rotatable bonds is 7. The molecule has 1 unspecified atom stereocenters. The SMILES string of the molecule is COCC(O)CNc1ncc(C(=O)O)cc1[N+](=O)[O-]. The standard InChI is InChI=1S/C10H13N3O6/c1-19-5-7(14)4-12-9-8(13(17)18)2-6(3-11-9)10(15)16/h2-3,7,14H,4-5H2,1H3,(H,11,12)(H,15,16). The van der Waals surface area contributed by atoms with Crippen molar-refractivity contribution < 1.29 is 24.7 Å². The van der Waals surface area contributed by atoms with E-state index in [0.717, 1.165) is 12.3 Å².